The Balaban J connectivity index is 1.57. The molecule has 3 rings (SSSR count). The third-order valence-electron chi connectivity index (χ3n) is 5.43. The van der Waals surface area contributed by atoms with Gasteiger partial charge in [0.15, 0.2) is 5.96 Å². The van der Waals surface area contributed by atoms with Gasteiger partial charge in [-0.1, -0.05) is 12.8 Å². The number of ether oxygens (including phenoxy) is 1. The Labute approximate surface area is 184 Å². The summed E-state index contributed by atoms with van der Waals surface area (Å²) in [7, 11) is 5.55. The summed E-state index contributed by atoms with van der Waals surface area (Å²) in [5, 5.41) is 6.56. The summed E-state index contributed by atoms with van der Waals surface area (Å²) >= 11 is 1.64. The van der Waals surface area contributed by atoms with Gasteiger partial charge in [-0.3, -0.25) is 4.99 Å². The van der Waals surface area contributed by atoms with Crippen molar-refractivity contribution < 1.29 is 4.74 Å². The normalized spacial score (nSPS) is 16.3. The monoisotopic (exact) mass is 430 g/mol. The van der Waals surface area contributed by atoms with Crippen LogP contribution >= 0.6 is 11.3 Å². The smallest absolute Gasteiger partial charge is 0.194 e. The zero-order valence-corrected chi connectivity index (χ0v) is 19.4. The van der Waals surface area contributed by atoms with E-state index in [1.54, 1.807) is 18.4 Å². The molecule has 1 aliphatic heterocycles. The maximum atomic E-state index is 5.36. The minimum atomic E-state index is 0.0246. The minimum Gasteiger partial charge on any atom is -0.375 e. The molecule has 0 saturated carbocycles. The van der Waals surface area contributed by atoms with Crippen molar-refractivity contribution in [1.82, 2.24) is 20.2 Å². The third kappa shape index (κ3) is 6.15. The highest BCUT2D eigenvalue weighted by Gasteiger charge is 2.14. The molecule has 2 aromatic rings. The second kappa shape index (κ2) is 11.3. The number of thiazole rings is 1. The highest BCUT2D eigenvalue weighted by molar-refractivity contribution is 7.09. The second-order valence-electron chi connectivity index (χ2n) is 7.74. The van der Waals surface area contributed by atoms with Gasteiger partial charge < -0.3 is 19.9 Å². The van der Waals surface area contributed by atoms with Crippen molar-refractivity contribution in [3.8, 4) is 0 Å². The first-order chi connectivity index (χ1) is 14.6. The van der Waals surface area contributed by atoms with Crippen LogP contribution in [-0.4, -0.2) is 55.1 Å². The van der Waals surface area contributed by atoms with E-state index in [1.807, 2.05) is 27.2 Å². The maximum absolute atomic E-state index is 5.36. The second-order valence-corrected chi connectivity index (χ2v) is 8.63. The molecule has 1 N–H and O–H groups in total. The molecule has 0 aliphatic carbocycles. The van der Waals surface area contributed by atoms with E-state index >= 15 is 0 Å². The van der Waals surface area contributed by atoms with Crippen LogP contribution in [0.2, 0.25) is 0 Å². The molecule has 164 valence electrons. The number of nitrogens with zero attached hydrogens (tertiary/aromatic N) is 5. The van der Waals surface area contributed by atoms with Crippen molar-refractivity contribution in [3.63, 3.8) is 0 Å². The van der Waals surface area contributed by atoms with Gasteiger partial charge >= 0.3 is 0 Å². The lowest BCUT2D eigenvalue weighted by molar-refractivity contribution is 0.119. The first-order valence-electron chi connectivity index (χ1n) is 10.7. The highest BCUT2D eigenvalue weighted by atomic mass is 32.1. The van der Waals surface area contributed by atoms with Gasteiger partial charge in [0.2, 0.25) is 0 Å². The molecule has 0 bridgehead atoms. The highest BCUT2D eigenvalue weighted by Crippen LogP contribution is 2.21. The quantitative estimate of drug-likeness (QED) is 0.532. The molecule has 1 fully saturated rings. The van der Waals surface area contributed by atoms with E-state index in [2.05, 4.69) is 47.6 Å². The molecule has 1 aliphatic rings. The lowest BCUT2D eigenvalue weighted by atomic mass is 10.2. The van der Waals surface area contributed by atoms with Gasteiger partial charge in [-0.25, -0.2) is 9.97 Å². The number of hydrogen-bond acceptors (Lipinski definition) is 6. The Morgan fingerprint density at radius 2 is 2.10 bits per heavy atom. The lowest BCUT2D eigenvalue weighted by Crippen LogP contribution is -2.38. The maximum Gasteiger partial charge on any atom is 0.194 e. The van der Waals surface area contributed by atoms with E-state index in [0.29, 0.717) is 13.1 Å². The van der Waals surface area contributed by atoms with E-state index in [4.69, 9.17) is 4.74 Å². The van der Waals surface area contributed by atoms with Crippen LogP contribution in [-0.2, 0) is 17.8 Å². The summed E-state index contributed by atoms with van der Waals surface area (Å²) in [6.07, 6.45) is 7.09. The zero-order chi connectivity index (χ0) is 21.3. The van der Waals surface area contributed by atoms with Crippen LogP contribution in [0, 0.1) is 0 Å². The predicted octanol–water partition coefficient (Wildman–Crippen LogP) is 3.83. The SMILES string of the molecule is CN=C(NCc1ccnc(N2CCCCCC2)c1)N(C)Cc1csc(C(C)OC)n1. The number of aliphatic imine (C=N–C) groups is 1. The van der Waals surface area contributed by atoms with Crippen LogP contribution in [0.4, 0.5) is 5.82 Å². The standard InChI is InChI=1S/C22H34N6OS/c1-17(29-4)21-26-19(16-30-21)15-27(3)22(23-2)25-14-18-9-10-24-20(13-18)28-11-7-5-6-8-12-28/h9-10,13,16-17H,5-8,11-12,14-15H2,1-4H3,(H,23,25). The summed E-state index contributed by atoms with van der Waals surface area (Å²) in [5.74, 6) is 1.93. The number of guanidine groups is 1. The molecule has 1 saturated heterocycles. The molecule has 8 heteroatoms. The predicted molar refractivity (Wildman–Crippen MR) is 124 cm³/mol. The summed E-state index contributed by atoms with van der Waals surface area (Å²) < 4.78 is 5.36. The number of aromatic nitrogens is 2. The molecule has 30 heavy (non-hydrogen) atoms. The largest absolute Gasteiger partial charge is 0.375 e. The average molecular weight is 431 g/mol. The van der Waals surface area contributed by atoms with Gasteiger partial charge in [-0.2, -0.15) is 0 Å². The number of anilines is 1. The molecule has 1 atom stereocenters. The number of pyridine rings is 1. The third-order valence-corrected chi connectivity index (χ3v) is 6.49. The van der Waals surface area contributed by atoms with E-state index < -0.39 is 0 Å². The van der Waals surface area contributed by atoms with Crippen molar-refractivity contribution in [2.24, 2.45) is 4.99 Å². The average Bonchev–Trinajstić information content (AvgIpc) is 3.05. The van der Waals surface area contributed by atoms with Gasteiger partial charge in [0.1, 0.15) is 16.9 Å². The molecule has 2 aromatic heterocycles. The van der Waals surface area contributed by atoms with Crippen LogP contribution in [0.25, 0.3) is 0 Å². The summed E-state index contributed by atoms with van der Waals surface area (Å²) in [4.78, 5) is 18.2. The molecule has 3 heterocycles. The molecular formula is C22H34N6OS. The summed E-state index contributed by atoms with van der Waals surface area (Å²) in [6.45, 7) is 5.63. The van der Waals surface area contributed by atoms with Crippen molar-refractivity contribution >= 4 is 23.1 Å². The number of hydrogen-bond donors (Lipinski definition) is 1. The van der Waals surface area contributed by atoms with E-state index in [0.717, 1.165) is 35.6 Å². The molecule has 0 aromatic carbocycles. The van der Waals surface area contributed by atoms with Crippen LogP contribution in [0.15, 0.2) is 28.7 Å². The molecular weight excluding hydrogens is 396 g/mol. The molecule has 1 unspecified atom stereocenters. The fraction of sp³-hybridized carbons (Fsp3) is 0.591. The fourth-order valence-electron chi connectivity index (χ4n) is 3.61. The first-order valence-corrected chi connectivity index (χ1v) is 11.6. The number of nitrogens with one attached hydrogen (secondary N) is 1. The summed E-state index contributed by atoms with van der Waals surface area (Å²) in [6, 6.07) is 4.27. The molecule has 0 radical (unpaired) electrons. The Morgan fingerprint density at radius 3 is 2.80 bits per heavy atom. The minimum absolute atomic E-state index is 0.0246. The zero-order valence-electron chi connectivity index (χ0n) is 18.6. The van der Waals surface area contributed by atoms with Crippen LogP contribution in [0.3, 0.4) is 0 Å². The van der Waals surface area contributed by atoms with Crippen LogP contribution < -0.4 is 10.2 Å². The van der Waals surface area contributed by atoms with Gasteiger partial charge in [-0.15, -0.1) is 11.3 Å². The topological polar surface area (TPSA) is 65.9 Å². The number of methoxy groups -OCH3 is 1. The van der Waals surface area contributed by atoms with E-state index in [1.165, 1.54) is 31.2 Å². The van der Waals surface area contributed by atoms with Gasteiger partial charge in [0.05, 0.1) is 12.2 Å². The van der Waals surface area contributed by atoms with Gasteiger partial charge in [0.25, 0.3) is 0 Å². The number of rotatable bonds is 7. The van der Waals surface area contributed by atoms with Crippen molar-refractivity contribution in [2.45, 2.75) is 51.8 Å². The Hall–Kier alpha value is -2.19. The molecule has 0 spiro atoms. The van der Waals surface area contributed by atoms with E-state index in [-0.39, 0.29) is 6.10 Å². The summed E-state index contributed by atoms with van der Waals surface area (Å²) in [5.41, 5.74) is 2.24. The Morgan fingerprint density at radius 1 is 1.33 bits per heavy atom. The van der Waals surface area contributed by atoms with Crippen molar-refractivity contribution in [2.75, 3.05) is 39.2 Å². The Bertz CT molecular complexity index is 815. The van der Waals surface area contributed by atoms with Gasteiger partial charge in [-0.05, 0) is 37.5 Å². The molecule has 0 amide bonds. The van der Waals surface area contributed by atoms with Gasteiger partial charge in [0, 0.05) is 52.4 Å². The van der Waals surface area contributed by atoms with Crippen LogP contribution in [0.1, 0.15) is 55.0 Å². The van der Waals surface area contributed by atoms with Crippen molar-refractivity contribution in [1.29, 1.82) is 0 Å². The first kappa shape index (κ1) is 22.5. The van der Waals surface area contributed by atoms with E-state index in [9.17, 15) is 0 Å². The van der Waals surface area contributed by atoms with Crippen LogP contribution in [0.5, 0.6) is 0 Å². The molecule has 7 nitrogen and oxygen atoms in total. The lowest BCUT2D eigenvalue weighted by Gasteiger charge is -2.23. The fourth-order valence-corrected chi connectivity index (χ4v) is 4.45. The Kier molecular flexibility index (Phi) is 8.45. The van der Waals surface area contributed by atoms with Crippen molar-refractivity contribution in [3.05, 3.63) is 40.0 Å².